The maximum atomic E-state index is 4.48. The van der Waals surface area contributed by atoms with Gasteiger partial charge in [-0.05, 0) is 54.0 Å². The van der Waals surface area contributed by atoms with E-state index in [9.17, 15) is 0 Å². The molecule has 3 heteroatoms. The summed E-state index contributed by atoms with van der Waals surface area (Å²) in [5.41, 5.74) is 4.28. The van der Waals surface area contributed by atoms with Crippen molar-refractivity contribution in [1.29, 1.82) is 0 Å². The van der Waals surface area contributed by atoms with Crippen LogP contribution in [0.1, 0.15) is 35.8 Å². The Hall–Kier alpha value is -1.12. The van der Waals surface area contributed by atoms with Gasteiger partial charge in [-0.15, -0.1) is 12.4 Å². The summed E-state index contributed by atoms with van der Waals surface area (Å²) in [4.78, 5) is 4.48. The zero-order valence-corrected chi connectivity index (χ0v) is 11.0. The number of nitrogens with one attached hydrogen (secondary N) is 1. The highest BCUT2D eigenvalue weighted by molar-refractivity contribution is 5.85. The molecule has 3 aliphatic rings. The Morgan fingerprint density at radius 3 is 2.56 bits per heavy atom. The fourth-order valence-corrected chi connectivity index (χ4v) is 3.43. The lowest BCUT2D eigenvalue weighted by Crippen LogP contribution is -2.18. The van der Waals surface area contributed by atoms with Gasteiger partial charge in [0.05, 0.1) is 5.52 Å². The highest BCUT2D eigenvalue weighted by Crippen LogP contribution is 2.41. The zero-order valence-electron chi connectivity index (χ0n) is 10.2. The Balaban J connectivity index is 0.000001000. The van der Waals surface area contributed by atoms with Gasteiger partial charge in [0.25, 0.3) is 0 Å². The number of fused-ring (bicyclic) bond motifs is 4. The summed E-state index contributed by atoms with van der Waals surface area (Å²) in [6.07, 6.45) is 4.57. The largest absolute Gasteiger partial charge is 0.316 e. The summed E-state index contributed by atoms with van der Waals surface area (Å²) in [6.45, 7) is 2.29. The second-order valence-corrected chi connectivity index (χ2v) is 5.31. The molecule has 2 nitrogen and oxygen atoms in total. The predicted molar refractivity (Wildman–Crippen MR) is 76.6 cm³/mol. The quantitative estimate of drug-likeness (QED) is 0.787. The van der Waals surface area contributed by atoms with Crippen LogP contribution in [-0.2, 0) is 0 Å². The molecule has 1 aromatic heterocycles. The van der Waals surface area contributed by atoms with Crippen LogP contribution < -0.4 is 5.32 Å². The number of rotatable bonds is 0. The van der Waals surface area contributed by atoms with E-state index in [1.807, 2.05) is 12.3 Å². The SMILES string of the molecule is Cl.c1cnc2cc3c(cc2c1)C1CCC3CNC1. The van der Waals surface area contributed by atoms with Crippen LogP contribution in [0.2, 0.25) is 0 Å². The minimum atomic E-state index is 0. The lowest BCUT2D eigenvalue weighted by Gasteiger charge is -2.26. The van der Waals surface area contributed by atoms with Crippen molar-refractivity contribution in [1.82, 2.24) is 10.3 Å². The lowest BCUT2D eigenvalue weighted by atomic mass is 9.77. The van der Waals surface area contributed by atoms with Crippen molar-refractivity contribution in [2.45, 2.75) is 24.7 Å². The average molecular weight is 261 g/mol. The first-order chi connectivity index (χ1) is 8.42. The third-order valence-electron chi connectivity index (χ3n) is 4.33. The Labute approximate surface area is 113 Å². The van der Waals surface area contributed by atoms with Gasteiger partial charge in [-0.2, -0.15) is 0 Å². The van der Waals surface area contributed by atoms with Crippen molar-refractivity contribution < 1.29 is 0 Å². The van der Waals surface area contributed by atoms with Gasteiger partial charge in [-0.3, -0.25) is 4.98 Å². The van der Waals surface area contributed by atoms with Crippen LogP contribution in [0.5, 0.6) is 0 Å². The molecule has 18 heavy (non-hydrogen) atoms. The molecule has 0 amide bonds. The molecule has 1 N–H and O–H groups in total. The maximum Gasteiger partial charge on any atom is 0.0705 e. The minimum absolute atomic E-state index is 0. The highest BCUT2D eigenvalue weighted by Gasteiger charge is 2.30. The zero-order chi connectivity index (χ0) is 11.2. The molecule has 5 rings (SSSR count). The van der Waals surface area contributed by atoms with Crippen LogP contribution in [0.25, 0.3) is 10.9 Å². The third-order valence-corrected chi connectivity index (χ3v) is 4.33. The fraction of sp³-hybridized carbons (Fsp3) is 0.400. The number of pyridine rings is 1. The van der Waals surface area contributed by atoms with E-state index in [-0.39, 0.29) is 12.4 Å². The van der Waals surface area contributed by atoms with Crippen molar-refractivity contribution in [3.63, 3.8) is 0 Å². The van der Waals surface area contributed by atoms with E-state index < -0.39 is 0 Å². The van der Waals surface area contributed by atoms with Crippen LogP contribution in [0, 0.1) is 0 Å². The number of aromatic nitrogens is 1. The summed E-state index contributed by atoms with van der Waals surface area (Å²) in [7, 11) is 0. The molecule has 94 valence electrons. The van der Waals surface area contributed by atoms with E-state index in [0.29, 0.717) is 11.8 Å². The molecule has 1 saturated heterocycles. The van der Waals surface area contributed by atoms with Crippen LogP contribution in [0.4, 0.5) is 0 Å². The van der Waals surface area contributed by atoms with E-state index in [4.69, 9.17) is 0 Å². The molecule has 2 atom stereocenters. The van der Waals surface area contributed by atoms with Gasteiger partial charge in [-0.25, -0.2) is 0 Å². The summed E-state index contributed by atoms with van der Waals surface area (Å²) < 4.78 is 0. The van der Waals surface area contributed by atoms with Crippen molar-refractivity contribution in [3.05, 3.63) is 41.6 Å². The third kappa shape index (κ3) is 1.72. The number of nitrogens with zero attached hydrogens (tertiary/aromatic N) is 1. The Kier molecular flexibility index (Phi) is 3.00. The highest BCUT2D eigenvalue weighted by atomic mass is 35.5. The first kappa shape index (κ1) is 11.9. The molecule has 1 aliphatic carbocycles. The molecule has 0 saturated carbocycles. The molecular weight excluding hydrogens is 244 g/mol. The molecule has 1 aromatic carbocycles. The summed E-state index contributed by atoms with van der Waals surface area (Å²) >= 11 is 0. The van der Waals surface area contributed by atoms with Crippen molar-refractivity contribution >= 4 is 23.3 Å². The van der Waals surface area contributed by atoms with E-state index in [1.165, 1.54) is 18.2 Å². The summed E-state index contributed by atoms with van der Waals surface area (Å²) in [6, 6.07) is 8.91. The fourth-order valence-electron chi connectivity index (χ4n) is 3.43. The lowest BCUT2D eigenvalue weighted by molar-refractivity contribution is 0.550. The minimum Gasteiger partial charge on any atom is -0.316 e. The van der Waals surface area contributed by atoms with Crippen molar-refractivity contribution in [2.75, 3.05) is 13.1 Å². The van der Waals surface area contributed by atoms with Crippen LogP contribution in [-0.4, -0.2) is 18.1 Å². The van der Waals surface area contributed by atoms with Gasteiger partial charge >= 0.3 is 0 Å². The first-order valence-electron chi connectivity index (χ1n) is 6.51. The number of benzene rings is 1. The van der Waals surface area contributed by atoms with Gasteiger partial charge < -0.3 is 5.32 Å². The first-order valence-corrected chi connectivity index (χ1v) is 6.51. The molecule has 2 aromatic rings. The Bertz CT molecular complexity index is 527. The van der Waals surface area contributed by atoms with Gasteiger partial charge in [0.1, 0.15) is 0 Å². The second kappa shape index (κ2) is 4.52. The van der Waals surface area contributed by atoms with Gasteiger partial charge in [0.15, 0.2) is 0 Å². The number of halogens is 1. The number of hydrogen-bond donors (Lipinski definition) is 1. The molecule has 3 heterocycles. The standard InChI is InChI=1S/C15H16N2.ClH/c1-2-10-6-13-11-3-4-12(9-16-8-11)14(13)7-15(10)17-5-1;/h1-2,5-7,11-12,16H,3-4,8-9H2;1H. The molecule has 2 aliphatic heterocycles. The second-order valence-electron chi connectivity index (χ2n) is 5.31. The normalized spacial score (nSPS) is 25.3. The van der Waals surface area contributed by atoms with Crippen molar-refractivity contribution in [3.8, 4) is 0 Å². The topological polar surface area (TPSA) is 24.9 Å². The monoisotopic (exact) mass is 260 g/mol. The Morgan fingerprint density at radius 1 is 1.06 bits per heavy atom. The average Bonchev–Trinajstić information content (AvgIpc) is 2.71. The van der Waals surface area contributed by atoms with Gasteiger partial charge in [0.2, 0.25) is 0 Å². The maximum absolute atomic E-state index is 4.48. The molecule has 2 bridgehead atoms. The van der Waals surface area contributed by atoms with E-state index >= 15 is 0 Å². The molecule has 0 radical (unpaired) electrons. The summed E-state index contributed by atoms with van der Waals surface area (Å²) in [5, 5.41) is 4.88. The van der Waals surface area contributed by atoms with Gasteiger partial charge in [0, 0.05) is 24.7 Å². The molecule has 1 fully saturated rings. The van der Waals surface area contributed by atoms with E-state index in [1.54, 1.807) is 11.1 Å². The molecule has 0 spiro atoms. The van der Waals surface area contributed by atoms with E-state index in [0.717, 1.165) is 18.6 Å². The predicted octanol–water partition coefficient (Wildman–Crippen LogP) is 3.22. The van der Waals surface area contributed by atoms with E-state index in [2.05, 4.69) is 28.5 Å². The van der Waals surface area contributed by atoms with Crippen LogP contribution in [0.3, 0.4) is 0 Å². The smallest absolute Gasteiger partial charge is 0.0705 e. The number of hydrogen-bond acceptors (Lipinski definition) is 2. The molecule has 2 unspecified atom stereocenters. The van der Waals surface area contributed by atoms with Crippen LogP contribution in [0.15, 0.2) is 30.5 Å². The Morgan fingerprint density at radius 2 is 1.78 bits per heavy atom. The summed E-state index contributed by atoms with van der Waals surface area (Å²) in [5.74, 6) is 1.42. The van der Waals surface area contributed by atoms with Gasteiger partial charge in [-0.1, -0.05) is 6.07 Å². The van der Waals surface area contributed by atoms with Crippen LogP contribution >= 0.6 is 12.4 Å². The van der Waals surface area contributed by atoms with Crippen molar-refractivity contribution in [2.24, 2.45) is 0 Å². The molecular formula is C15H17ClN2.